The van der Waals surface area contributed by atoms with E-state index in [0.717, 1.165) is 9.87 Å². The summed E-state index contributed by atoms with van der Waals surface area (Å²) in [6.45, 7) is 1.25. The molecule has 0 unspecified atom stereocenters. The van der Waals surface area contributed by atoms with Gasteiger partial charge in [0.25, 0.3) is 0 Å². The summed E-state index contributed by atoms with van der Waals surface area (Å²) in [5, 5.41) is 3.21. The fraction of sp³-hybridized carbons (Fsp3) is 0.208. The molecule has 0 aliphatic rings. The van der Waals surface area contributed by atoms with Crippen molar-refractivity contribution < 1.29 is 22.3 Å². The number of carbonyl (C=O) groups excluding carboxylic acids is 1. The van der Waals surface area contributed by atoms with Crippen LogP contribution in [0.15, 0.2) is 77.7 Å². The lowest BCUT2D eigenvalue weighted by Gasteiger charge is -2.24. The van der Waals surface area contributed by atoms with Crippen LogP contribution >= 0.6 is 11.6 Å². The smallest absolute Gasteiger partial charge is 0.243 e. The number of hydrogen-bond donors (Lipinski definition) is 1. The molecule has 0 radical (unpaired) electrons. The van der Waals surface area contributed by atoms with Crippen LogP contribution in [0.4, 0.5) is 4.39 Å². The Hall–Kier alpha value is -2.94. The van der Waals surface area contributed by atoms with Crippen molar-refractivity contribution in [2.24, 2.45) is 0 Å². The first-order chi connectivity index (χ1) is 15.7. The van der Waals surface area contributed by atoms with E-state index < -0.39 is 34.3 Å². The van der Waals surface area contributed by atoms with Crippen LogP contribution in [0.25, 0.3) is 0 Å². The molecule has 0 saturated carbocycles. The maximum Gasteiger partial charge on any atom is 0.243 e. The zero-order valence-corrected chi connectivity index (χ0v) is 19.7. The minimum absolute atomic E-state index is 0.000381. The molecule has 33 heavy (non-hydrogen) atoms. The highest BCUT2D eigenvalue weighted by Crippen LogP contribution is 2.25. The molecule has 3 rings (SSSR count). The first-order valence-electron chi connectivity index (χ1n) is 10.1. The van der Waals surface area contributed by atoms with Gasteiger partial charge >= 0.3 is 0 Å². The van der Waals surface area contributed by atoms with Gasteiger partial charge in [-0.3, -0.25) is 4.79 Å². The number of hydrogen-bond acceptors (Lipinski definition) is 4. The fourth-order valence-corrected chi connectivity index (χ4v) is 4.83. The highest BCUT2D eigenvalue weighted by molar-refractivity contribution is 7.89. The Morgan fingerprint density at radius 2 is 1.70 bits per heavy atom. The van der Waals surface area contributed by atoms with Crippen molar-refractivity contribution in [2.75, 3.05) is 13.7 Å². The zero-order valence-electron chi connectivity index (χ0n) is 18.2. The third-order valence-electron chi connectivity index (χ3n) is 5.03. The lowest BCUT2D eigenvalue weighted by atomic mass is 10.1. The minimum atomic E-state index is -4.04. The number of carbonyl (C=O) groups is 1. The molecule has 6 nitrogen and oxygen atoms in total. The summed E-state index contributed by atoms with van der Waals surface area (Å²) in [7, 11) is -2.50. The third-order valence-corrected chi connectivity index (χ3v) is 7.08. The van der Waals surface area contributed by atoms with Gasteiger partial charge in [0.05, 0.1) is 24.6 Å². The highest BCUT2D eigenvalue weighted by Gasteiger charge is 2.28. The van der Waals surface area contributed by atoms with Crippen LogP contribution in [0.5, 0.6) is 5.75 Å². The number of halogens is 2. The molecule has 1 amide bonds. The lowest BCUT2D eigenvalue weighted by Crippen LogP contribution is -2.41. The van der Waals surface area contributed by atoms with Gasteiger partial charge in [-0.05, 0) is 55.0 Å². The van der Waals surface area contributed by atoms with Crippen molar-refractivity contribution in [3.05, 3.63) is 94.8 Å². The predicted octanol–water partition coefficient (Wildman–Crippen LogP) is 4.56. The second kappa shape index (κ2) is 10.8. The summed E-state index contributed by atoms with van der Waals surface area (Å²) in [4.78, 5) is 12.9. The molecule has 174 valence electrons. The maximum atomic E-state index is 13.3. The van der Waals surface area contributed by atoms with Gasteiger partial charge in [0.2, 0.25) is 15.9 Å². The van der Waals surface area contributed by atoms with Crippen LogP contribution in [0.2, 0.25) is 5.02 Å². The summed E-state index contributed by atoms with van der Waals surface area (Å²) in [5.74, 6) is -0.315. The van der Waals surface area contributed by atoms with Gasteiger partial charge in [0.1, 0.15) is 11.6 Å². The number of benzene rings is 3. The molecule has 0 heterocycles. The Morgan fingerprint density at radius 1 is 1.06 bits per heavy atom. The van der Waals surface area contributed by atoms with Crippen molar-refractivity contribution in [2.45, 2.75) is 24.4 Å². The molecule has 3 aromatic rings. The van der Waals surface area contributed by atoms with E-state index in [1.165, 1.54) is 55.6 Å². The van der Waals surface area contributed by atoms with Crippen molar-refractivity contribution in [3.8, 4) is 5.75 Å². The molecule has 9 heteroatoms. The Kier molecular flexibility index (Phi) is 8.07. The molecule has 3 aromatic carbocycles. The Morgan fingerprint density at radius 3 is 2.33 bits per heavy atom. The number of amides is 1. The van der Waals surface area contributed by atoms with Crippen molar-refractivity contribution in [1.29, 1.82) is 0 Å². The number of sulfonamides is 1. The van der Waals surface area contributed by atoms with Crippen LogP contribution in [0.3, 0.4) is 0 Å². The summed E-state index contributed by atoms with van der Waals surface area (Å²) >= 11 is 5.89. The van der Waals surface area contributed by atoms with Gasteiger partial charge in [-0.15, -0.1) is 0 Å². The van der Waals surface area contributed by atoms with Crippen LogP contribution in [-0.2, 0) is 21.4 Å². The van der Waals surface area contributed by atoms with Crippen molar-refractivity contribution >= 4 is 27.5 Å². The summed E-state index contributed by atoms with van der Waals surface area (Å²) in [6, 6.07) is 18.0. The quantitative estimate of drug-likeness (QED) is 0.477. The molecule has 0 aliphatic heterocycles. The molecule has 0 saturated heterocycles. The molecule has 0 spiro atoms. The van der Waals surface area contributed by atoms with E-state index in [-0.39, 0.29) is 11.4 Å². The van der Waals surface area contributed by atoms with Crippen LogP contribution in [0.1, 0.15) is 24.1 Å². The summed E-state index contributed by atoms with van der Waals surface area (Å²) in [5.41, 5.74) is 1.30. The molecule has 0 aliphatic carbocycles. The fourth-order valence-electron chi connectivity index (χ4n) is 3.32. The van der Waals surface area contributed by atoms with Gasteiger partial charge < -0.3 is 10.1 Å². The van der Waals surface area contributed by atoms with E-state index in [2.05, 4.69) is 5.32 Å². The topological polar surface area (TPSA) is 75.7 Å². The zero-order chi connectivity index (χ0) is 24.0. The minimum Gasteiger partial charge on any atom is -0.496 e. The number of para-hydroxylation sites is 1. The van der Waals surface area contributed by atoms with Crippen LogP contribution in [0, 0.1) is 5.82 Å². The van der Waals surface area contributed by atoms with Gasteiger partial charge in [-0.2, -0.15) is 4.31 Å². The average molecular weight is 491 g/mol. The molecular weight excluding hydrogens is 467 g/mol. The molecule has 0 aromatic heterocycles. The van der Waals surface area contributed by atoms with E-state index >= 15 is 0 Å². The van der Waals surface area contributed by atoms with E-state index in [1.54, 1.807) is 13.0 Å². The SMILES string of the molecule is COc1ccccc1[C@@H](C)NC(=O)CN(Cc1ccc(F)cc1)S(=O)(=O)c1ccc(Cl)cc1. The number of ether oxygens (including phenoxy) is 1. The largest absolute Gasteiger partial charge is 0.496 e. The van der Waals surface area contributed by atoms with Gasteiger partial charge in [-0.1, -0.05) is 41.9 Å². The first-order valence-corrected chi connectivity index (χ1v) is 11.9. The third kappa shape index (κ3) is 6.31. The van der Waals surface area contributed by atoms with Crippen LogP contribution < -0.4 is 10.1 Å². The van der Waals surface area contributed by atoms with E-state index in [9.17, 15) is 17.6 Å². The number of nitrogens with zero attached hydrogens (tertiary/aromatic N) is 1. The Labute approximate surface area is 198 Å². The number of methoxy groups -OCH3 is 1. The normalized spacial score (nSPS) is 12.4. The average Bonchev–Trinajstić information content (AvgIpc) is 2.80. The summed E-state index contributed by atoms with van der Waals surface area (Å²) < 4.78 is 46.3. The van der Waals surface area contributed by atoms with E-state index in [1.807, 2.05) is 18.2 Å². The van der Waals surface area contributed by atoms with Gasteiger partial charge in [0, 0.05) is 17.1 Å². The van der Waals surface area contributed by atoms with Crippen molar-refractivity contribution in [3.63, 3.8) is 0 Å². The van der Waals surface area contributed by atoms with E-state index in [4.69, 9.17) is 16.3 Å². The maximum absolute atomic E-state index is 13.3. The van der Waals surface area contributed by atoms with Crippen molar-refractivity contribution in [1.82, 2.24) is 9.62 Å². The second-order valence-corrected chi connectivity index (χ2v) is 9.76. The molecule has 0 fully saturated rings. The summed E-state index contributed by atoms with van der Waals surface area (Å²) in [6.07, 6.45) is 0. The van der Waals surface area contributed by atoms with Gasteiger partial charge in [-0.25, -0.2) is 12.8 Å². The lowest BCUT2D eigenvalue weighted by molar-refractivity contribution is -0.122. The van der Waals surface area contributed by atoms with E-state index in [0.29, 0.717) is 16.3 Å². The molecular formula is C24H24ClFN2O4S. The molecule has 1 atom stereocenters. The van der Waals surface area contributed by atoms with Gasteiger partial charge in [0.15, 0.2) is 0 Å². The highest BCUT2D eigenvalue weighted by atomic mass is 35.5. The molecule has 0 bridgehead atoms. The number of nitrogens with one attached hydrogen (secondary N) is 1. The standard InChI is InChI=1S/C24H24ClFN2O4S/c1-17(22-5-3-4-6-23(22)32-2)27-24(29)16-28(15-18-7-11-20(26)12-8-18)33(30,31)21-13-9-19(25)10-14-21/h3-14,17H,15-16H2,1-2H3,(H,27,29)/t17-/m1/s1. The Balaban J connectivity index is 1.84. The monoisotopic (exact) mass is 490 g/mol. The molecule has 1 N–H and O–H groups in total. The predicted molar refractivity (Wildman–Crippen MR) is 125 cm³/mol. The second-order valence-electron chi connectivity index (χ2n) is 7.38. The number of rotatable bonds is 9. The first kappa shape index (κ1) is 24.7. The Bertz CT molecular complexity index is 1200. The van der Waals surface area contributed by atoms with Crippen LogP contribution in [-0.4, -0.2) is 32.3 Å².